The Bertz CT molecular complexity index is 1180. The number of hydrogen-bond acceptors (Lipinski definition) is 6. The normalized spacial score (nSPS) is 17.0. The molecule has 0 radical (unpaired) electrons. The molecule has 1 aromatic heterocycles. The van der Waals surface area contributed by atoms with Crippen molar-refractivity contribution < 1.29 is 8.42 Å². The summed E-state index contributed by atoms with van der Waals surface area (Å²) in [6.45, 7) is 4.14. The van der Waals surface area contributed by atoms with Gasteiger partial charge in [0.1, 0.15) is 11.6 Å². The van der Waals surface area contributed by atoms with Gasteiger partial charge >= 0.3 is 0 Å². The van der Waals surface area contributed by atoms with Crippen LogP contribution in [0.25, 0.3) is 10.9 Å². The molecule has 1 aliphatic rings. The lowest BCUT2D eigenvalue weighted by Crippen LogP contribution is -2.49. The highest BCUT2D eigenvalue weighted by Gasteiger charge is 2.31. The number of anilines is 1. The Morgan fingerprint density at radius 3 is 2.26 bits per heavy atom. The van der Waals surface area contributed by atoms with Crippen molar-refractivity contribution in [2.24, 2.45) is 0 Å². The number of piperazine rings is 1. The molecule has 4 rings (SSSR count). The Hall–Kier alpha value is -2.26. The van der Waals surface area contributed by atoms with E-state index in [0.717, 1.165) is 22.5 Å². The van der Waals surface area contributed by atoms with Crippen LogP contribution in [0.2, 0.25) is 5.02 Å². The van der Waals surface area contributed by atoms with Crippen molar-refractivity contribution in [1.29, 1.82) is 0 Å². The molecule has 2 heterocycles. The average Bonchev–Trinajstić information content (AvgIpc) is 2.78. The summed E-state index contributed by atoms with van der Waals surface area (Å²) in [5.74, 6) is 1.63. The number of nitrogens with zero attached hydrogens (tertiary/aromatic N) is 5. The van der Waals surface area contributed by atoms with E-state index in [0.29, 0.717) is 31.2 Å². The molecule has 1 fully saturated rings. The van der Waals surface area contributed by atoms with E-state index in [1.807, 2.05) is 43.3 Å². The molecule has 0 N–H and O–H groups in total. The lowest BCUT2D eigenvalue weighted by Gasteiger charge is -2.37. The molecule has 31 heavy (non-hydrogen) atoms. The molecule has 1 saturated heterocycles. The number of halogens is 1. The summed E-state index contributed by atoms with van der Waals surface area (Å²) >= 11 is 5.90. The van der Waals surface area contributed by atoms with Crippen LogP contribution in [0.5, 0.6) is 0 Å². The summed E-state index contributed by atoms with van der Waals surface area (Å²) < 4.78 is 27.4. The highest BCUT2D eigenvalue weighted by atomic mass is 35.5. The van der Waals surface area contributed by atoms with Gasteiger partial charge in [-0.05, 0) is 43.3 Å². The zero-order chi connectivity index (χ0) is 22.2. The number of sulfonamides is 1. The lowest BCUT2D eigenvalue weighted by molar-refractivity contribution is 0.141. The minimum atomic E-state index is -3.53. The van der Waals surface area contributed by atoms with Gasteiger partial charge in [0, 0.05) is 50.7 Å². The van der Waals surface area contributed by atoms with E-state index < -0.39 is 10.0 Å². The molecule has 0 saturated carbocycles. The summed E-state index contributed by atoms with van der Waals surface area (Å²) in [5, 5.41) is 1.53. The first-order chi connectivity index (χ1) is 14.8. The van der Waals surface area contributed by atoms with Gasteiger partial charge in [-0.1, -0.05) is 23.7 Å². The van der Waals surface area contributed by atoms with Crippen LogP contribution in [-0.4, -0.2) is 67.9 Å². The number of rotatable bonds is 5. The predicted octanol–water partition coefficient (Wildman–Crippen LogP) is 3.42. The zero-order valence-electron chi connectivity index (χ0n) is 17.9. The van der Waals surface area contributed by atoms with Gasteiger partial charge in [-0.2, -0.15) is 4.31 Å². The highest BCUT2D eigenvalue weighted by Crippen LogP contribution is 2.28. The monoisotopic (exact) mass is 459 g/mol. The maximum absolute atomic E-state index is 12.9. The second kappa shape index (κ2) is 8.70. The molecule has 3 aromatic rings. The van der Waals surface area contributed by atoms with Gasteiger partial charge in [0.05, 0.1) is 16.5 Å². The second-order valence-corrected chi connectivity index (χ2v) is 10.3. The third kappa shape index (κ3) is 4.39. The summed E-state index contributed by atoms with van der Waals surface area (Å²) in [7, 11) is 0.422. The van der Waals surface area contributed by atoms with Crippen molar-refractivity contribution in [2.75, 3.05) is 45.2 Å². The zero-order valence-corrected chi connectivity index (χ0v) is 19.4. The number of fused-ring (bicyclic) bond motifs is 1. The highest BCUT2D eigenvalue weighted by molar-refractivity contribution is 7.89. The fourth-order valence-electron chi connectivity index (χ4n) is 3.86. The maximum Gasteiger partial charge on any atom is 0.243 e. The number of para-hydroxylation sites is 1. The Kier molecular flexibility index (Phi) is 6.16. The quantitative estimate of drug-likeness (QED) is 0.582. The van der Waals surface area contributed by atoms with Crippen LogP contribution in [0.4, 0.5) is 5.82 Å². The molecule has 2 aromatic carbocycles. The molecule has 1 atom stereocenters. The van der Waals surface area contributed by atoms with E-state index in [9.17, 15) is 8.42 Å². The first kappa shape index (κ1) is 22.0. The lowest BCUT2D eigenvalue weighted by atomic mass is 10.2. The fraction of sp³-hybridized carbons (Fsp3) is 0.364. The minimum Gasteiger partial charge on any atom is -0.362 e. The number of aromatic nitrogens is 2. The smallest absolute Gasteiger partial charge is 0.243 e. The molecule has 164 valence electrons. The van der Waals surface area contributed by atoms with Gasteiger partial charge in [-0.3, -0.25) is 4.90 Å². The van der Waals surface area contributed by atoms with Crippen LogP contribution in [0.15, 0.2) is 53.4 Å². The molecule has 0 bridgehead atoms. The van der Waals surface area contributed by atoms with E-state index in [4.69, 9.17) is 21.6 Å². The summed E-state index contributed by atoms with van der Waals surface area (Å²) in [5.41, 5.74) is 0.909. The SMILES string of the molecule is CC(c1nc(N(C)C)c2ccccc2n1)N1CCN(S(=O)(=O)c2ccc(Cl)cc2)CC1. The van der Waals surface area contributed by atoms with Crippen LogP contribution in [0.1, 0.15) is 18.8 Å². The Morgan fingerprint density at radius 1 is 0.968 bits per heavy atom. The van der Waals surface area contributed by atoms with Gasteiger partial charge in [-0.25, -0.2) is 18.4 Å². The van der Waals surface area contributed by atoms with E-state index in [1.165, 1.54) is 4.31 Å². The predicted molar refractivity (Wildman–Crippen MR) is 124 cm³/mol. The first-order valence-electron chi connectivity index (χ1n) is 10.2. The molecule has 9 heteroatoms. The Morgan fingerprint density at radius 2 is 1.61 bits per heavy atom. The fourth-order valence-corrected chi connectivity index (χ4v) is 5.40. The number of benzene rings is 2. The van der Waals surface area contributed by atoms with Crippen molar-refractivity contribution in [1.82, 2.24) is 19.2 Å². The van der Waals surface area contributed by atoms with Crippen LogP contribution >= 0.6 is 11.6 Å². The van der Waals surface area contributed by atoms with Gasteiger partial charge in [0.25, 0.3) is 0 Å². The minimum absolute atomic E-state index is 0.0244. The summed E-state index contributed by atoms with van der Waals surface area (Å²) in [6.07, 6.45) is 0. The Labute approximate surface area is 188 Å². The van der Waals surface area contributed by atoms with Crippen LogP contribution in [0, 0.1) is 0 Å². The molecule has 1 aliphatic heterocycles. The van der Waals surface area contributed by atoms with E-state index >= 15 is 0 Å². The van der Waals surface area contributed by atoms with Crippen molar-refractivity contribution in [2.45, 2.75) is 17.9 Å². The van der Waals surface area contributed by atoms with Crippen molar-refractivity contribution in [3.63, 3.8) is 0 Å². The molecule has 7 nitrogen and oxygen atoms in total. The molecular formula is C22H26ClN5O2S. The topological polar surface area (TPSA) is 69.6 Å². The van der Waals surface area contributed by atoms with Gasteiger partial charge < -0.3 is 4.90 Å². The molecule has 1 unspecified atom stereocenters. The molecular weight excluding hydrogens is 434 g/mol. The van der Waals surface area contributed by atoms with Gasteiger partial charge in [0.2, 0.25) is 10.0 Å². The van der Waals surface area contributed by atoms with Crippen LogP contribution < -0.4 is 4.90 Å². The van der Waals surface area contributed by atoms with Crippen molar-refractivity contribution in [3.05, 3.63) is 59.4 Å². The maximum atomic E-state index is 12.9. The molecule has 0 amide bonds. The van der Waals surface area contributed by atoms with Gasteiger partial charge in [0.15, 0.2) is 0 Å². The van der Waals surface area contributed by atoms with Crippen molar-refractivity contribution in [3.8, 4) is 0 Å². The largest absolute Gasteiger partial charge is 0.362 e. The number of hydrogen-bond donors (Lipinski definition) is 0. The first-order valence-corrected chi connectivity index (χ1v) is 12.0. The molecule has 0 spiro atoms. The van der Waals surface area contributed by atoms with Crippen LogP contribution in [0.3, 0.4) is 0 Å². The standard InChI is InChI=1S/C22H26ClN5O2S/c1-16(21-24-20-7-5-4-6-19(20)22(25-21)26(2)3)27-12-14-28(15-13-27)31(29,30)18-10-8-17(23)9-11-18/h4-11,16H,12-15H2,1-3H3. The summed E-state index contributed by atoms with van der Waals surface area (Å²) in [4.78, 5) is 14.1. The van der Waals surface area contributed by atoms with Crippen molar-refractivity contribution >= 4 is 38.3 Å². The van der Waals surface area contributed by atoms with Crippen LogP contribution in [-0.2, 0) is 10.0 Å². The van der Waals surface area contributed by atoms with E-state index in [-0.39, 0.29) is 10.9 Å². The third-order valence-electron chi connectivity index (χ3n) is 5.67. The van der Waals surface area contributed by atoms with E-state index in [1.54, 1.807) is 24.3 Å². The summed E-state index contributed by atoms with van der Waals surface area (Å²) in [6, 6.07) is 14.3. The van der Waals surface area contributed by atoms with Gasteiger partial charge in [-0.15, -0.1) is 0 Å². The molecule has 0 aliphatic carbocycles. The third-order valence-corrected chi connectivity index (χ3v) is 7.83. The van der Waals surface area contributed by atoms with E-state index in [2.05, 4.69) is 11.8 Å². The Balaban J connectivity index is 1.52. The average molecular weight is 460 g/mol. The second-order valence-electron chi connectivity index (χ2n) is 7.89.